The lowest BCUT2D eigenvalue weighted by atomic mass is 10.1. The van der Waals surface area contributed by atoms with Crippen LogP contribution in [0.25, 0.3) is 12.2 Å². The fraction of sp³-hybridized carbons (Fsp3) is 0.273. The molecule has 2 N–H and O–H groups in total. The number of nitrogens with zero attached hydrogens (tertiary/aromatic N) is 4. The van der Waals surface area contributed by atoms with Crippen molar-refractivity contribution in [2.24, 2.45) is 0 Å². The van der Waals surface area contributed by atoms with Gasteiger partial charge in [-0.25, -0.2) is 19.2 Å². The molecular weight excluding hydrogens is 808 g/mol. The van der Waals surface area contributed by atoms with Gasteiger partial charge in [0.1, 0.15) is 86.2 Å². The van der Waals surface area contributed by atoms with Crippen LogP contribution in [-0.2, 0) is 51.2 Å². The lowest BCUT2D eigenvalue weighted by Crippen LogP contribution is -2.25. The third-order valence-corrected chi connectivity index (χ3v) is 8.59. The summed E-state index contributed by atoms with van der Waals surface area (Å²) < 4.78 is 42.0. The van der Waals surface area contributed by atoms with Crippen LogP contribution in [0.1, 0.15) is 22.3 Å². The minimum atomic E-state index is -0.949. The predicted molar refractivity (Wildman–Crippen MR) is 223 cm³/mol. The minimum Gasteiger partial charge on any atom is -0.496 e. The molecule has 0 unspecified atom stereocenters. The van der Waals surface area contributed by atoms with Crippen LogP contribution in [0, 0.1) is 22.7 Å². The van der Waals surface area contributed by atoms with Crippen LogP contribution >= 0.6 is 0 Å². The monoisotopic (exact) mass is 854 g/mol. The maximum atomic E-state index is 12.6. The van der Waals surface area contributed by atoms with Crippen molar-refractivity contribution >= 4 is 47.4 Å². The number of rotatable bonds is 24. The Morgan fingerprint density at radius 1 is 0.581 bits per heavy atom. The summed E-state index contributed by atoms with van der Waals surface area (Å²) in [5.74, 6) is -2.18. The molecule has 0 heterocycles. The smallest absolute Gasteiger partial charge is 0.349 e. The summed E-state index contributed by atoms with van der Waals surface area (Å²) in [6.07, 6.45) is 4.46. The zero-order chi connectivity index (χ0) is 45.6. The van der Waals surface area contributed by atoms with E-state index < -0.39 is 37.3 Å². The number of methoxy groups -OCH3 is 4. The first-order valence-corrected chi connectivity index (χ1v) is 18.4. The van der Waals surface area contributed by atoms with E-state index in [1.807, 2.05) is 24.3 Å². The molecule has 0 aliphatic rings. The second kappa shape index (κ2) is 25.0. The molecule has 0 spiro atoms. The summed E-state index contributed by atoms with van der Waals surface area (Å²) in [5.41, 5.74) is 2.37. The van der Waals surface area contributed by atoms with Gasteiger partial charge in [-0.2, -0.15) is 10.5 Å². The molecular formula is C44H46N4O14. The maximum absolute atomic E-state index is 12.6. The van der Waals surface area contributed by atoms with E-state index in [1.165, 1.54) is 52.7 Å². The summed E-state index contributed by atoms with van der Waals surface area (Å²) in [4.78, 5) is 50.8. The Bertz CT molecular complexity index is 2080. The van der Waals surface area contributed by atoms with E-state index in [1.54, 1.807) is 34.1 Å². The highest BCUT2D eigenvalue weighted by molar-refractivity contribution is 5.99. The van der Waals surface area contributed by atoms with Gasteiger partial charge in [-0.05, 0) is 35.4 Å². The van der Waals surface area contributed by atoms with Crippen LogP contribution in [0.5, 0.6) is 23.0 Å². The number of hydrogen-bond acceptors (Lipinski definition) is 18. The van der Waals surface area contributed by atoms with Crippen molar-refractivity contribution in [3.63, 3.8) is 0 Å². The third-order valence-electron chi connectivity index (χ3n) is 8.59. The van der Waals surface area contributed by atoms with Gasteiger partial charge in [-0.15, -0.1) is 0 Å². The molecule has 0 aromatic heterocycles. The fourth-order valence-corrected chi connectivity index (χ4v) is 5.56. The van der Waals surface area contributed by atoms with E-state index in [9.17, 15) is 39.9 Å². The van der Waals surface area contributed by atoms with Crippen molar-refractivity contribution in [1.82, 2.24) is 0 Å². The van der Waals surface area contributed by atoms with Gasteiger partial charge in [0.25, 0.3) is 0 Å². The van der Waals surface area contributed by atoms with Gasteiger partial charge in [-0.3, -0.25) is 0 Å². The number of carbonyl (C=O) groups is 4. The van der Waals surface area contributed by atoms with E-state index in [2.05, 4.69) is 13.2 Å². The topological polar surface area (TPSA) is 237 Å². The van der Waals surface area contributed by atoms with Crippen LogP contribution in [0.3, 0.4) is 0 Å². The van der Waals surface area contributed by atoms with Gasteiger partial charge in [-0.1, -0.05) is 37.4 Å². The first-order chi connectivity index (χ1) is 29.9. The Hall–Kier alpha value is -7.80. The minimum absolute atomic E-state index is 0.211. The molecule has 0 saturated heterocycles. The van der Waals surface area contributed by atoms with E-state index in [0.29, 0.717) is 34.0 Å². The van der Waals surface area contributed by atoms with Gasteiger partial charge >= 0.3 is 23.9 Å². The zero-order valence-electron chi connectivity index (χ0n) is 34.6. The molecule has 0 fully saturated rings. The van der Waals surface area contributed by atoms with Crippen LogP contribution in [0.15, 0.2) is 85.0 Å². The number of esters is 4. The van der Waals surface area contributed by atoms with Gasteiger partial charge < -0.3 is 57.9 Å². The van der Waals surface area contributed by atoms with Gasteiger partial charge in [0, 0.05) is 48.5 Å². The molecule has 3 aromatic rings. The molecule has 0 saturated carbocycles. The van der Waals surface area contributed by atoms with Crippen LogP contribution in [0.2, 0.25) is 0 Å². The predicted octanol–water partition coefficient (Wildman–Crippen LogP) is 3.99. The largest absolute Gasteiger partial charge is 0.496 e. The molecule has 18 nitrogen and oxygen atoms in total. The van der Waals surface area contributed by atoms with E-state index in [-0.39, 0.29) is 62.2 Å². The second-order valence-corrected chi connectivity index (χ2v) is 12.4. The highest BCUT2D eigenvalue weighted by Crippen LogP contribution is 2.39. The Labute approximate surface area is 358 Å². The van der Waals surface area contributed by atoms with Crippen molar-refractivity contribution in [1.29, 1.82) is 10.5 Å². The van der Waals surface area contributed by atoms with E-state index in [4.69, 9.17) is 37.9 Å². The van der Waals surface area contributed by atoms with Crippen molar-refractivity contribution < 1.29 is 67.3 Å². The van der Waals surface area contributed by atoms with Crippen LogP contribution in [0.4, 0.5) is 11.4 Å². The summed E-state index contributed by atoms with van der Waals surface area (Å²) >= 11 is 0. The summed E-state index contributed by atoms with van der Waals surface area (Å²) in [6, 6.07) is 17.2. The number of nitriles is 2. The standard InChI is InChI=1S/C44H46N4O14/c1-7-41(51)59-13-15-61-43(53)33(23-45)17-31-19-39(57-5)35(21-37(31)55-3)47(27-49)25-29-9-11-30(12-10-29)26-48(28-50)36-22-38(56-4)32(20-40(36)58-6)18-34(24-46)44(54)62-16-14-60-42(52)8-2/h7-12,17-22,49-50H,1-2,13-16,25-28H2,3-6H3/b33-17+,34-18+. The Morgan fingerprint density at radius 2 is 0.919 bits per heavy atom. The summed E-state index contributed by atoms with van der Waals surface area (Å²) in [6.45, 7) is 5.10. The molecule has 0 radical (unpaired) electrons. The van der Waals surface area contributed by atoms with Gasteiger partial charge in [0.2, 0.25) is 0 Å². The van der Waals surface area contributed by atoms with Crippen molar-refractivity contribution in [2.45, 2.75) is 13.1 Å². The second-order valence-electron chi connectivity index (χ2n) is 12.4. The Morgan fingerprint density at radius 3 is 1.21 bits per heavy atom. The molecule has 3 aromatic carbocycles. The molecule has 0 aliphatic heterocycles. The summed E-state index contributed by atoms with van der Waals surface area (Å²) in [7, 11) is 5.64. The maximum Gasteiger partial charge on any atom is 0.349 e. The fourth-order valence-electron chi connectivity index (χ4n) is 5.56. The molecule has 3 rings (SSSR count). The number of anilines is 2. The quantitative estimate of drug-likeness (QED) is 0.0323. The number of benzene rings is 3. The lowest BCUT2D eigenvalue weighted by Gasteiger charge is -2.26. The number of ether oxygens (including phenoxy) is 8. The number of hydrogen-bond donors (Lipinski definition) is 2. The first kappa shape index (κ1) is 48.6. The SMILES string of the molecule is C=CC(=O)OCCOC(=O)/C(C#N)=C/c1cc(OC)c(N(CO)Cc2ccc(CN(CO)c3cc(OC)c(/C=C(\C#N)C(=O)OCCOC(=O)C=C)cc3OC)cc2)cc1OC. The van der Waals surface area contributed by atoms with Gasteiger partial charge in [0.15, 0.2) is 0 Å². The molecule has 62 heavy (non-hydrogen) atoms. The molecule has 0 amide bonds. The zero-order valence-corrected chi connectivity index (χ0v) is 34.6. The molecule has 0 bridgehead atoms. The average molecular weight is 855 g/mol. The average Bonchev–Trinajstić information content (AvgIpc) is 3.30. The van der Waals surface area contributed by atoms with Crippen molar-refractivity contribution in [3.8, 4) is 35.1 Å². The summed E-state index contributed by atoms with van der Waals surface area (Å²) in [5, 5.41) is 40.3. The highest BCUT2D eigenvalue weighted by atomic mass is 16.6. The van der Waals surface area contributed by atoms with E-state index >= 15 is 0 Å². The van der Waals surface area contributed by atoms with Crippen LogP contribution < -0.4 is 28.7 Å². The molecule has 18 heteroatoms. The Balaban J connectivity index is 1.81. The highest BCUT2D eigenvalue weighted by Gasteiger charge is 2.21. The number of aliphatic hydroxyl groups is 2. The molecule has 326 valence electrons. The number of aliphatic hydroxyl groups excluding tert-OH is 2. The van der Waals surface area contributed by atoms with E-state index in [0.717, 1.165) is 23.3 Å². The van der Waals surface area contributed by atoms with Crippen molar-refractivity contribution in [3.05, 3.63) is 107 Å². The van der Waals surface area contributed by atoms with Gasteiger partial charge in [0.05, 0.1) is 39.8 Å². The third kappa shape index (κ3) is 13.6. The normalized spacial score (nSPS) is 10.8. The van der Waals surface area contributed by atoms with Crippen LogP contribution in [-0.4, -0.2) is 102 Å². The molecule has 0 aliphatic carbocycles. The van der Waals surface area contributed by atoms with Crippen molar-refractivity contribution in [2.75, 3.05) is 78.1 Å². The number of carbonyl (C=O) groups excluding carboxylic acids is 4. The molecule has 0 atom stereocenters. The Kier molecular flexibility index (Phi) is 19.6. The lowest BCUT2D eigenvalue weighted by molar-refractivity contribution is -0.146. The first-order valence-electron chi connectivity index (χ1n) is 18.4.